The SMILES string of the molecule is C1=CC2C3C=CC=CC3N(c3ccc4sc5c(ccc6c5c5cccc(-c7ccccn7)c5n6-c5ccccc5)c4c3)C2C=C1.CC1(C)c2ccccc2-c2ccc3c(c21)c1cccc(-c2cccc(-c4nccc(-c5ccccc5)n4)c2)c1n3-c1ccccc1.c1ccc(-n2c3ccc4c5ccccc5oc4c3c3cccc(-c4cccc(-c5ccccn5)c4)c32)cc1. The fourth-order valence-corrected chi connectivity index (χ4v) is 22.8. The second-order valence-electron chi connectivity index (χ2n) is 34.5. The van der Waals surface area contributed by atoms with Crippen molar-refractivity contribution in [2.24, 2.45) is 11.8 Å². The molecule has 0 saturated carbocycles. The van der Waals surface area contributed by atoms with Gasteiger partial charge in [-0.05, 0) is 161 Å². The number of aromatic nitrogens is 7. The molecular formula is C119H82N8OS. The molecule has 27 rings (SSSR count). The Morgan fingerprint density at radius 3 is 1.47 bits per heavy atom. The van der Waals surface area contributed by atoms with Crippen LogP contribution in [0.4, 0.5) is 5.69 Å². The first kappa shape index (κ1) is 75.4. The van der Waals surface area contributed by atoms with Crippen LogP contribution in [0.3, 0.4) is 0 Å². The van der Waals surface area contributed by atoms with Gasteiger partial charge in [-0.2, -0.15) is 0 Å². The largest absolute Gasteiger partial charge is 0.455 e. The maximum absolute atomic E-state index is 6.52. The fraction of sp³-hybridized carbons (Fsp3) is 0.0588. The average molecular weight is 1670 g/mol. The number of thiophene rings is 1. The third-order valence-electron chi connectivity index (χ3n) is 27.1. The van der Waals surface area contributed by atoms with Gasteiger partial charge in [0.1, 0.15) is 11.2 Å². The molecule has 23 aromatic rings. The lowest BCUT2D eigenvalue weighted by Crippen LogP contribution is -2.36. The first-order chi connectivity index (χ1) is 63.8. The molecule has 8 aromatic heterocycles. The Balaban J connectivity index is 0.000000105. The van der Waals surface area contributed by atoms with Gasteiger partial charge in [-0.1, -0.05) is 305 Å². The molecule has 0 amide bonds. The summed E-state index contributed by atoms with van der Waals surface area (Å²) < 4.78 is 16.5. The summed E-state index contributed by atoms with van der Waals surface area (Å²) in [4.78, 5) is 21.7. The first-order valence-electron chi connectivity index (χ1n) is 44.4. The van der Waals surface area contributed by atoms with Crippen molar-refractivity contribution in [3.05, 3.63) is 448 Å². The Hall–Kier alpha value is -16.1. The Morgan fingerprint density at radius 2 is 0.806 bits per heavy atom. The van der Waals surface area contributed by atoms with Crippen LogP contribution in [-0.2, 0) is 5.41 Å². The topological polar surface area (TPSA) is 82.7 Å². The highest BCUT2D eigenvalue weighted by molar-refractivity contribution is 7.26. The molecule has 15 aromatic carbocycles. The summed E-state index contributed by atoms with van der Waals surface area (Å²) in [5, 5.41) is 12.4. The summed E-state index contributed by atoms with van der Waals surface area (Å²) >= 11 is 1.92. The van der Waals surface area contributed by atoms with Crippen LogP contribution in [0.25, 0.3) is 203 Å². The summed E-state index contributed by atoms with van der Waals surface area (Å²) in [5.41, 5.74) is 30.9. The van der Waals surface area contributed by atoms with E-state index in [2.05, 4.69) is 401 Å². The molecule has 1 fully saturated rings. The minimum absolute atomic E-state index is 0.127. The van der Waals surface area contributed by atoms with E-state index in [-0.39, 0.29) is 5.41 Å². The van der Waals surface area contributed by atoms with E-state index < -0.39 is 0 Å². The van der Waals surface area contributed by atoms with Crippen molar-refractivity contribution in [2.75, 3.05) is 4.90 Å². The summed E-state index contributed by atoms with van der Waals surface area (Å²) in [6.07, 6.45) is 24.1. The first-order valence-corrected chi connectivity index (χ1v) is 45.2. The quantitative estimate of drug-likeness (QED) is 0.136. The maximum atomic E-state index is 6.52. The van der Waals surface area contributed by atoms with Gasteiger partial charge in [-0.25, -0.2) is 9.97 Å². The Kier molecular flexibility index (Phi) is 17.9. The van der Waals surface area contributed by atoms with Crippen LogP contribution < -0.4 is 4.90 Å². The van der Waals surface area contributed by atoms with Gasteiger partial charge in [0.15, 0.2) is 5.82 Å². The molecule has 9 heterocycles. The van der Waals surface area contributed by atoms with Crippen molar-refractivity contribution in [3.63, 3.8) is 0 Å². The summed E-state index contributed by atoms with van der Waals surface area (Å²) in [6, 6.07) is 133. The highest BCUT2D eigenvalue weighted by Crippen LogP contribution is 2.56. The zero-order valence-corrected chi connectivity index (χ0v) is 71.6. The number of hydrogen-bond donors (Lipinski definition) is 0. The number of benzene rings is 15. The summed E-state index contributed by atoms with van der Waals surface area (Å²) in [7, 11) is 0. The van der Waals surface area contributed by atoms with Gasteiger partial charge in [0.25, 0.3) is 0 Å². The molecule has 1 saturated heterocycles. The van der Waals surface area contributed by atoms with Gasteiger partial charge in [-0.15, -0.1) is 11.3 Å². The number of anilines is 1. The third kappa shape index (κ3) is 12.3. The van der Waals surface area contributed by atoms with Crippen LogP contribution >= 0.6 is 11.3 Å². The third-order valence-corrected chi connectivity index (χ3v) is 28.3. The number of nitrogens with zero attached hydrogens (tertiary/aromatic N) is 8. The molecule has 1 aliphatic heterocycles. The van der Waals surface area contributed by atoms with E-state index in [9.17, 15) is 0 Å². The van der Waals surface area contributed by atoms with E-state index in [1.165, 1.54) is 114 Å². The smallest absolute Gasteiger partial charge is 0.159 e. The number of rotatable bonds is 10. The predicted octanol–water partition coefficient (Wildman–Crippen LogP) is 30.5. The highest BCUT2D eigenvalue weighted by atomic mass is 32.1. The Labute approximate surface area is 749 Å². The molecule has 0 bridgehead atoms. The minimum atomic E-state index is -0.127. The molecule has 0 radical (unpaired) electrons. The maximum Gasteiger partial charge on any atom is 0.159 e. The zero-order chi connectivity index (χ0) is 85.4. The van der Waals surface area contributed by atoms with Crippen LogP contribution in [0.2, 0.25) is 0 Å². The van der Waals surface area contributed by atoms with Crippen molar-refractivity contribution in [3.8, 4) is 95.6 Å². The van der Waals surface area contributed by atoms with Gasteiger partial charge < -0.3 is 23.0 Å². The molecule has 129 heavy (non-hydrogen) atoms. The number of fused-ring (bicyclic) bond motifs is 24. The van der Waals surface area contributed by atoms with Crippen LogP contribution in [0.1, 0.15) is 25.0 Å². The predicted molar refractivity (Wildman–Crippen MR) is 537 cm³/mol. The molecule has 10 heteroatoms. The van der Waals surface area contributed by atoms with E-state index in [1.54, 1.807) is 0 Å². The van der Waals surface area contributed by atoms with Crippen LogP contribution in [-0.4, -0.2) is 45.7 Å². The van der Waals surface area contributed by atoms with Gasteiger partial charge >= 0.3 is 0 Å². The number of pyridine rings is 2. The minimum Gasteiger partial charge on any atom is -0.455 e. The molecule has 4 unspecified atom stereocenters. The van der Waals surface area contributed by atoms with Crippen molar-refractivity contribution in [1.82, 2.24) is 33.6 Å². The molecule has 610 valence electrons. The van der Waals surface area contributed by atoms with Gasteiger partial charge in [0.2, 0.25) is 0 Å². The lowest BCUT2D eigenvalue weighted by molar-refractivity contribution is 0.527. The zero-order valence-electron chi connectivity index (χ0n) is 70.8. The molecule has 4 aliphatic rings. The Bertz CT molecular complexity index is 8520. The fourth-order valence-electron chi connectivity index (χ4n) is 21.5. The number of furan rings is 1. The average Bonchev–Trinajstić information content (AvgIpc) is 1.54. The monoisotopic (exact) mass is 1670 g/mol. The van der Waals surface area contributed by atoms with E-state index in [0.29, 0.717) is 23.9 Å². The van der Waals surface area contributed by atoms with Gasteiger partial charge in [0, 0.05) is 150 Å². The van der Waals surface area contributed by atoms with E-state index in [4.69, 9.17) is 19.4 Å². The Morgan fingerprint density at radius 1 is 0.310 bits per heavy atom. The summed E-state index contributed by atoms with van der Waals surface area (Å²) in [6.45, 7) is 4.75. The number of para-hydroxylation sites is 7. The van der Waals surface area contributed by atoms with E-state index >= 15 is 0 Å². The molecule has 0 spiro atoms. The van der Waals surface area contributed by atoms with E-state index in [1.807, 2.05) is 84.5 Å². The van der Waals surface area contributed by atoms with Crippen molar-refractivity contribution in [1.29, 1.82) is 0 Å². The molecule has 0 N–H and O–H groups in total. The number of hydrogen-bond acceptors (Lipinski definition) is 7. The van der Waals surface area contributed by atoms with Gasteiger partial charge in [0.05, 0.1) is 67.7 Å². The van der Waals surface area contributed by atoms with Crippen molar-refractivity contribution < 1.29 is 4.42 Å². The lowest BCUT2D eigenvalue weighted by Gasteiger charge is -2.32. The lowest BCUT2D eigenvalue weighted by atomic mass is 9.80. The van der Waals surface area contributed by atoms with Gasteiger partial charge in [-0.3, -0.25) is 9.97 Å². The standard InChI is InChI=1S/C43H31N3.C41H29N3S.C35H22N2O/c1-43(2)36-22-10-9-19-33(36)34-23-24-38-39(40(34)43)35-21-12-20-32(41(35)46(38)31-17-7-4-8-18-31)29-15-11-16-30(27-29)42-44-26-25-37(45-42)28-13-5-3-6-14-28;1-2-11-26(12-3-1)44-37-22-21-30-33-25-27(43-35-18-6-4-13-28(35)29-14-5-7-19-36(29)43)20-23-38(33)45-41(30)39(37)32-16-10-15-31(40(32)44)34-17-8-9-24-42-34;1-2-12-25(13-3-1)37-31-20-19-28-27-14-4-5-18-32(27)38-35(28)33(31)29-16-9-15-26(34(29)37)23-10-8-11-24(22-23)30-17-6-7-21-36-30/h3-27H,1-2H3;1-25,28-29,35-36H;1-22H. The van der Waals surface area contributed by atoms with E-state index in [0.717, 1.165) is 106 Å². The molecule has 3 aliphatic carbocycles. The van der Waals surface area contributed by atoms with Crippen LogP contribution in [0, 0.1) is 11.8 Å². The highest BCUT2D eigenvalue weighted by Gasteiger charge is 2.46. The molecule has 4 atom stereocenters. The van der Waals surface area contributed by atoms with Crippen LogP contribution in [0.15, 0.2) is 442 Å². The molecular weight excluding hydrogens is 1590 g/mol. The van der Waals surface area contributed by atoms with Crippen molar-refractivity contribution >= 4 is 125 Å². The normalized spacial score (nSPS) is 15.8. The second kappa shape index (κ2) is 30.6. The van der Waals surface area contributed by atoms with Crippen LogP contribution in [0.5, 0.6) is 0 Å². The molecule has 9 nitrogen and oxygen atoms in total. The summed E-state index contributed by atoms with van der Waals surface area (Å²) in [5.74, 6) is 1.71. The number of allylic oxidation sites excluding steroid dienone is 4. The second-order valence-corrected chi connectivity index (χ2v) is 35.6. The van der Waals surface area contributed by atoms with Crippen molar-refractivity contribution in [2.45, 2.75) is 31.3 Å².